The lowest BCUT2D eigenvalue weighted by Crippen LogP contribution is -2.08. The number of benzene rings is 3. The summed E-state index contributed by atoms with van der Waals surface area (Å²) in [5, 5.41) is 12.6. The second-order valence-electron chi connectivity index (χ2n) is 6.32. The van der Waals surface area contributed by atoms with Crippen LogP contribution in [-0.4, -0.2) is 16.5 Å². The number of aryl methyl sites for hydroxylation is 2. The van der Waals surface area contributed by atoms with Crippen molar-refractivity contribution in [2.75, 3.05) is 0 Å². The van der Waals surface area contributed by atoms with Crippen molar-refractivity contribution in [3.63, 3.8) is 0 Å². The first-order valence-electron chi connectivity index (χ1n) is 7.80. The van der Waals surface area contributed by atoms with Crippen LogP contribution in [0.4, 0.5) is 5.69 Å². The normalized spacial score (nSPS) is 12.9. The van der Waals surface area contributed by atoms with Crippen molar-refractivity contribution in [1.29, 1.82) is 0 Å². The number of hydrogen-bond acceptors (Lipinski definition) is 4. The van der Waals surface area contributed by atoms with Crippen LogP contribution in [0.25, 0.3) is 21.9 Å². The molecular weight excluding hydrogens is 318 g/mol. The van der Waals surface area contributed by atoms with E-state index in [4.69, 9.17) is 0 Å². The SMILES string of the molecule is Cc1cc2c3c(c(-c4cccc([N+](=O)[O-])c4)c(C)cc3c1)C(=O)C2=O. The maximum Gasteiger partial charge on any atom is 0.270 e. The Balaban J connectivity index is 2.12. The third-order valence-electron chi connectivity index (χ3n) is 4.60. The fourth-order valence-corrected chi connectivity index (χ4v) is 3.62. The Kier molecular flexibility index (Phi) is 3.09. The highest BCUT2D eigenvalue weighted by Crippen LogP contribution is 2.41. The van der Waals surface area contributed by atoms with Gasteiger partial charge in [0.15, 0.2) is 0 Å². The van der Waals surface area contributed by atoms with Gasteiger partial charge in [-0.2, -0.15) is 0 Å². The van der Waals surface area contributed by atoms with Gasteiger partial charge in [-0.3, -0.25) is 19.7 Å². The monoisotopic (exact) mass is 331 g/mol. The Bertz CT molecular complexity index is 1130. The molecule has 0 amide bonds. The molecule has 122 valence electrons. The van der Waals surface area contributed by atoms with Gasteiger partial charge in [-0.25, -0.2) is 0 Å². The van der Waals surface area contributed by atoms with E-state index in [1.165, 1.54) is 12.1 Å². The van der Waals surface area contributed by atoms with E-state index in [-0.39, 0.29) is 5.69 Å². The number of carbonyl (C=O) groups is 2. The molecule has 1 aliphatic rings. The highest BCUT2D eigenvalue weighted by atomic mass is 16.6. The van der Waals surface area contributed by atoms with Crippen LogP contribution in [0.15, 0.2) is 42.5 Å². The minimum Gasteiger partial charge on any atom is -0.285 e. The Morgan fingerprint density at radius 2 is 1.68 bits per heavy atom. The van der Waals surface area contributed by atoms with Crippen LogP contribution in [0.2, 0.25) is 0 Å². The number of nitro benzene ring substituents is 1. The molecule has 0 spiro atoms. The van der Waals surface area contributed by atoms with Crippen molar-refractivity contribution < 1.29 is 14.5 Å². The average molecular weight is 331 g/mol. The van der Waals surface area contributed by atoms with Crippen LogP contribution < -0.4 is 0 Å². The number of rotatable bonds is 2. The number of nitro groups is 1. The number of hydrogen-bond donors (Lipinski definition) is 0. The van der Waals surface area contributed by atoms with Crippen LogP contribution in [0.1, 0.15) is 31.8 Å². The Morgan fingerprint density at radius 1 is 0.920 bits per heavy atom. The van der Waals surface area contributed by atoms with E-state index < -0.39 is 16.5 Å². The molecule has 3 aromatic rings. The molecule has 5 heteroatoms. The van der Waals surface area contributed by atoms with Crippen LogP contribution in [-0.2, 0) is 0 Å². The molecule has 0 heterocycles. The largest absolute Gasteiger partial charge is 0.285 e. The predicted molar refractivity (Wildman–Crippen MR) is 94.2 cm³/mol. The lowest BCUT2D eigenvalue weighted by Gasteiger charge is -2.12. The van der Waals surface area contributed by atoms with Crippen molar-refractivity contribution in [3.05, 3.63) is 74.8 Å². The lowest BCUT2D eigenvalue weighted by molar-refractivity contribution is -0.384. The molecule has 0 N–H and O–H groups in total. The second-order valence-corrected chi connectivity index (χ2v) is 6.32. The van der Waals surface area contributed by atoms with Gasteiger partial charge in [0, 0.05) is 28.6 Å². The maximum atomic E-state index is 12.7. The minimum atomic E-state index is -0.546. The summed E-state index contributed by atoms with van der Waals surface area (Å²) in [5.41, 5.74) is 3.61. The summed E-state index contributed by atoms with van der Waals surface area (Å²) in [5.74, 6) is -1.06. The van der Waals surface area contributed by atoms with Crippen LogP contribution in [0.5, 0.6) is 0 Å². The van der Waals surface area contributed by atoms with E-state index in [1.54, 1.807) is 18.2 Å². The molecule has 0 unspecified atom stereocenters. The summed E-state index contributed by atoms with van der Waals surface area (Å²) < 4.78 is 0. The van der Waals surface area contributed by atoms with E-state index in [2.05, 4.69) is 0 Å². The van der Waals surface area contributed by atoms with Crippen molar-refractivity contribution in [2.45, 2.75) is 13.8 Å². The zero-order valence-corrected chi connectivity index (χ0v) is 13.6. The molecule has 0 atom stereocenters. The smallest absolute Gasteiger partial charge is 0.270 e. The molecular formula is C20H13NO4. The standard InChI is InChI=1S/C20H13NO4/c1-10-6-13-8-11(2)16(12-4-3-5-14(9-12)21(24)25)18-17(13)15(7-10)19(22)20(18)23/h3-9H,1-2H3. The molecule has 3 aromatic carbocycles. The van der Waals surface area contributed by atoms with Crippen molar-refractivity contribution in [1.82, 2.24) is 0 Å². The van der Waals surface area contributed by atoms with Crippen LogP contribution >= 0.6 is 0 Å². The van der Waals surface area contributed by atoms with Crippen molar-refractivity contribution >= 4 is 28.0 Å². The fourth-order valence-electron chi connectivity index (χ4n) is 3.62. The molecule has 1 aliphatic carbocycles. The van der Waals surface area contributed by atoms with Gasteiger partial charge < -0.3 is 0 Å². The van der Waals surface area contributed by atoms with Crippen LogP contribution in [0, 0.1) is 24.0 Å². The Hall–Kier alpha value is -3.34. The van der Waals surface area contributed by atoms with Gasteiger partial charge in [-0.05, 0) is 47.6 Å². The molecule has 0 saturated heterocycles. The number of Topliss-reactive ketones (excluding diaryl/α,β-unsaturated/α-hetero) is 2. The molecule has 4 rings (SSSR count). The van der Waals surface area contributed by atoms with E-state index >= 15 is 0 Å². The predicted octanol–water partition coefficient (Wildman–Crippen LogP) is 4.41. The number of ketones is 2. The molecule has 0 bridgehead atoms. The number of non-ortho nitro benzene ring substituents is 1. The quantitative estimate of drug-likeness (QED) is 0.396. The van der Waals surface area contributed by atoms with E-state index in [9.17, 15) is 19.7 Å². The highest BCUT2D eigenvalue weighted by Gasteiger charge is 2.34. The van der Waals surface area contributed by atoms with Crippen molar-refractivity contribution in [3.8, 4) is 11.1 Å². The second kappa shape index (κ2) is 5.08. The summed E-state index contributed by atoms with van der Waals surface area (Å²) in [7, 11) is 0. The first kappa shape index (κ1) is 15.2. The molecule has 0 radical (unpaired) electrons. The first-order valence-corrected chi connectivity index (χ1v) is 7.80. The number of nitrogens with zero attached hydrogens (tertiary/aromatic N) is 1. The van der Waals surface area contributed by atoms with E-state index in [0.717, 1.165) is 16.5 Å². The zero-order valence-electron chi connectivity index (χ0n) is 13.6. The van der Waals surface area contributed by atoms with E-state index in [0.29, 0.717) is 27.6 Å². The molecule has 0 fully saturated rings. The minimum absolute atomic E-state index is 0.0508. The van der Waals surface area contributed by atoms with Gasteiger partial charge in [0.2, 0.25) is 11.6 Å². The van der Waals surface area contributed by atoms with E-state index in [1.807, 2.05) is 26.0 Å². The van der Waals surface area contributed by atoms with Gasteiger partial charge in [0.05, 0.1) is 4.92 Å². The average Bonchev–Trinajstić information content (AvgIpc) is 2.81. The molecule has 0 saturated carbocycles. The van der Waals surface area contributed by atoms with Gasteiger partial charge in [-0.15, -0.1) is 0 Å². The van der Waals surface area contributed by atoms with Crippen molar-refractivity contribution in [2.24, 2.45) is 0 Å². The van der Waals surface area contributed by atoms with Gasteiger partial charge >= 0.3 is 0 Å². The molecule has 25 heavy (non-hydrogen) atoms. The Morgan fingerprint density at radius 3 is 2.40 bits per heavy atom. The third-order valence-corrected chi connectivity index (χ3v) is 4.60. The topological polar surface area (TPSA) is 77.3 Å². The number of carbonyl (C=O) groups excluding carboxylic acids is 2. The van der Waals surface area contributed by atoms with Gasteiger partial charge in [-0.1, -0.05) is 24.3 Å². The maximum absolute atomic E-state index is 12.7. The molecule has 5 nitrogen and oxygen atoms in total. The Labute approximate surface area is 143 Å². The lowest BCUT2D eigenvalue weighted by atomic mass is 9.90. The fraction of sp³-hybridized carbons (Fsp3) is 0.100. The third kappa shape index (κ3) is 2.09. The summed E-state index contributed by atoms with van der Waals surface area (Å²) in [6.07, 6.45) is 0. The first-order chi connectivity index (χ1) is 11.9. The van der Waals surface area contributed by atoms with Gasteiger partial charge in [0.25, 0.3) is 5.69 Å². The molecule has 0 aromatic heterocycles. The summed E-state index contributed by atoms with van der Waals surface area (Å²) >= 11 is 0. The summed E-state index contributed by atoms with van der Waals surface area (Å²) in [6.45, 7) is 3.73. The summed E-state index contributed by atoms with van der Waals surface area (Å²) in [4.78, 5) is 35.7. The van der Waals surface area contributed by atoms with Crippen LogP contribution in [0.3, 0.4) is 0 Å². The highest BCUT2D eigenvalue weighted by molar-refractivity contribution is 6.58. The zero-order chi connectivity index (χ0) is 17.9. The summed E-state index contributed by atoms with van der Waals surface area (Å²) in [6, 6.07) is 11.7. The molecule has 0 aliphatic heterocycles. The van der Waals surface area contributed by atoms with Gasteiger partial charge in [0.1, 0.15) is 0 Å².